The molecule has 0 radical (unpaired) electrons. The highest BCUT2D eigenvalue weighted by Crippen LogP contribution is 2.65. The van der Waals surface area contributed by atoms with Crippen molar-refractivity contribution in [1.82, 2.24) is 9.80 Å². The first kappa shape index (κ1) is 27.7. The number of likely N-dealkylation sites (tertiary alicyclic amines) is 1. The first-order chi connectivity index (χ1) is 16.6. The molecular formula is C27H44N2O6. The Balaban J connectivity index is 2.17. The van der Waals surface area contributed by atoms with Gasteiger partial charge in [-0.2, -0.15) is 0 Å². The standard InChI is InChI=1S/C27H44N2O6/c1-8-12-14-28(13-9-2)24(32)22-27-15-18(6)26(7,35-27)21(25(33)34-11-4)20(27)23(31)29(22)19(16-30)17(5)10-3/h9,17-22,30H,2,8,10-16H2,1,3-7H3/t17-,18?,19-,20-,21-,22?,26+,27?/m0/s1. The van der Waals surface area contributed by atoms with Gasteiger partial charge in [-0.15, -0.1) is 6.58 Å². The molecule has 0 saturated carbocycles. The predicted octanol–water partition coefficient (Wildman–Crippen LogP) is 2.78. The summed E-state index contributed by atoms with van der Waals surface area (Å²) in [6.45, 7) is 16.4. The summed E-state index contributed by atoms with van der Waals surface area (Å²) in [5, 5.41) is 10.4. The van der Waals surface area contributed by atoms with Crippen molar-refractivity contribution in [2.75, 3.05) is 26.3 Å². The highest BCUT2D eigenvalue weighted by molar-refractivity contribution is 5.98. The van der Waals surface area contributed by atoms with Gasteiger partial charge in [-0.3, -0.25) is 14.4 Å². The van der Waals surface area contributed by atoms with Crippen LogP contribution in [0.2, 0.25) is 0 Å². The van der Waals surface area contributed by atoms with Gasteiger partial charge in [0.05, 0.1) is 30.8 Å². The van der Waals surface area contributed by atoms with Gasteiger partial charge in [0.1, 0.15) is 17.6 Å². The van der Waals surface area contributed by atoms with Gasteiger partial charge < -0.3 is 24.4 Å². The topological polar surface area (TPSA) is 96.4 Å². The van der Waals surface area contributed by atoms with Crippen LogP contribution in [0.3, 0.4) is 0 Å². The number of amides is 2. The second-order valence-electron chi connectivity index (χ2n) is 10.8. The Kier molecular flexibility index (Phi) is 8.37. The summed E-state index contributed by atoms with van der Waals surface area (Å²) in [5.41, 5.74) is -2.03. The number of ether oxygens (including phenoxy) is 2. The summed E-state index contributed by atoms with van der Waals surface area (Å²) in [6, 6.07) is -1.46. The van der Waals surface area contributed by atoms with E-state index >= 15 is 0 Å². The second kappa shape index (κ2) is 10.6. The number of rotatable bonds is 12. The Morgan fingerprint density at radius 1 is 1.37 bits per heavy atom. The number of nitrogens with zero attached hydrogens (tertiary/aromatic N) is 2. The smallest absolute Gasteiger partial charge is 0.312 e. The molecule has 8 atom stereocenters. The van der Waals surface area contributed by atoms with E-state index in [-0.39, 0.29) is 36.9 Å². The molecule has 0 aromatic carbocycles. The molecule has 3 heterocycles. The summed E-state index contributed by atoms with van der Waals surface area (Å²) in [7, 11) is 0. The van der Waals surface area contributed by atoms with Gasteiger partial charge in [0.2, 0.25) is 11.8 Å². The SMILES string of the molecule is C=CCN(CCCC)C(=O)C1N([C@@H](CO)[C@@H](C)CC)C(=O)[C@@H]2[C@@H](C(=O)OCC)[C@]3(C)OC12CC3C. The number of hydrogen-bond acceptors (Lipinski definition) is 6. The number of fused-ring (bicyclic) bond motifs is 1. The van der Waals surface area contributed by atoms with Crippen LogP contribution in [0.1, 0.15) is 67.2 Å². The van der Waals surface area contributed by atoms with Crippen LogP contribution in [-0.4, -0.2) is 82.3 Å². The monoisotopic (exact) mass is 492 g/mol. The number of carbonyl (C=O) groups excluding carboxylic acids is 3. The van der Waals surface area contributed by atoms with E-state index in [1.54, 1.807) is 22.8 Å². The Bertz CT molecular complexity index is 832. The molecular weight excluding hydrogens is 448 g/mol. The van der Waals surface area contributed by atoms with E-state index in [0.717, 1.165) is 19.3 Å². The van der Waals surface area contributed by atoms with Gasteiger partial charge in [-0.05, 0) is 38.5 Å². The lowest BCUT2D eigenvalue weighted by molar-refractivity contribution is -0.164. The summed E-state index contributed by atoms with van der Waals surface area (Å²) in [5.74, 6) is -2.62. The quantitative estimate of drug-likeness (QED) is 0.332. The molecule has 0 aliphatic carbocycles. The first-order valence-corrected chi connectivity index (χ1v) is 13.3. The van der Waals surface area contributed by atoms with Crippen molar-refractivity contribution in [2.24, 2.45) is 23.7 Å². The zero-order valence-corrected chi connectivity index (χ0v) is 22.3. The normalized spacial score (nSPS) is 35.1. The Labute approximate surface area is 210 Å². The van der Waals surface area contributed by atoms with Crippen molar-refractivity contribution in [3.63, 3.8) is 0 Å². The van der Waals surface area contributed by atoms with E-state index in [2.05, 4.69) is 13.5 Å². The summed E-state index contributed by atoms with van der Waals surface area (Å²) < 4.78 is 12.1. The number of carbonyl (C=O) groups is 3. The predicted molar refractivity (Wildman–Crippen MR) is 132 cm³/mol. The third kappa shape index (κ3) is 4.20. The van der Waals surface area contributed by atoms with Crippen LogP contribution >= 0.6 is 0 Å². The first-order valence-electron chi connectivity index (χ1n) is 13.3. The lowest BCUT2D eigenvalue weighted by Crippen LogP contribution is -2.60. The molecule has 8 nitrogen and oxygen atoms in total. The van der Waals surface area contributed by atoms with Crippen molar-refractivity contribution in [1.29, 1.82) is 0 Å². The zero-order chi connectivity index (χ0) is 26.1. The van der Waals surface area contributed by atoms with E-state index in [1.165, 1.54) is 0 Å². The zero-order valence-electron chi connectivity index (χ0n) is 22.3. The maximum Gasteiger partial charge on any atom is 0.312 e. The van der Waals surface area contributed by atoms with Gasteiger partial charge in [0.15, 0.2) is 0 Å². The largest absolute Gasteiger partial charge is 0.466 e. The second-order valence-corrected chi connectivity index (χ2v) is 10.8. The van der Waals surface area contributed by atoms with Crippen molar-refractivity contribution in [3.05, 3.63) is 12.7 Å². The van der Waals surface area contributed by atoms with Crippen LogP contribution in [0.4, 0.5) is 0 Å². The van der Waals surface area contributed by atoms with E-state index in [4.69, 9.17) is 9.47 Å². The Morgan fingerprint density at radius 3 is 2.60 bits per heavy atom. The molecule has 2 amide bonds. The minimum atomic E-state index is -1.13. The summed E-state index contributed by atoms with van der Waals surface area (Å²) >= 11 is 0. The number of aliphatic hydroxyl groups excluding tert-OH is 1. The molecule has 1 spiro atoms. The van der Waals surface area contributed by atoms with Crippen LogP contribution in [-0.2, 0) is 23.9 Å². The van der Waals surface area contributed by atoms with Gasteiger partial charge in [-0.1, -0.05) is 46.6 Å². The summed E-state index contributed by atoms with van der Waals surface area (Å²) in [4.78, 5) is 45.0. The van der Waals surface area contributed by atoms with Crippen molar-refractivity contribution >= 4 is 17.8 Å². The molecule has 35 heavy (non-hydrogen) atoms. The Hall–Kier alpha value is -1.93. The van der Waals surface area contributed by atoms with Crippen molar-refractivity contribution in [3.8, 4) is 0 Å². The number of aliphatic hydroxyl groups is 1. The molecule has 3 saturated heterocycles. The highest BCUT2D eigenvalue weighted by atomic mass is 16.6. The molecule has 8 heteroatoms. The van der Waals surface area contributed by atoms with E-state index < -0.39 is 41.1 Å². The fourth-order valence-corrected chi connectivity index (χ4v) is 6.69. The van der Waals surface area contributed by atoms with Crippen LogP contribution < -0.4 is 0 Å². The van der Waals surface area contributed by atoms with Crippen LogP contribution in [0.5, 0.6) is 0 Å². The van der Waals surface area contributed by atoms with Crippen LogP contribution in [0, 0.1) is 23.7 Å². The molecule has 3 unspecified atom stereocenters. The number of unbranched alkanes of at least 4 members (excludes halogenated alkanes) is 1. The molecule has 1 N–H and O–H groups in total. The molecule has 2 bridgehead atoms. The number of hydrogen-bond donors (Lipinski definition) is 1. The fraction of sp³-hybridized carbons (Fsp3) is 0.815. The van der Waals surface area contributed by atoms with Gasteiger partial charge in [-0.25, -0.2) is 0 Å². The van der Waals surface area contributed by atoms with Crippen molar-refractivity contribution < 1.29 is 29.0 Å². The fourth-order valence-electron chi connectivity index (χ4n) is 6.69. The van der Waals surface area contributed by atoms with Gasteiger partial charge in [0.25, 0.3) is 0 Å². The molecule has 3 aliphatic rings. The van der Waals surface area contributed by atoms with Crippen LogP contribution in [0.15, 0.2) is 12.7 Å². The molecule has 198 valence electrons. The lowest BCUT2D eigenvalue weighted by Gasteiger charge is -2.41. The molecule has 0 aromatic heterocycles. The average Bonchev–Trinajstić information content (AvgIpc) is 3.34. The minimum absolute atomic E-state index is 0.0378. The lowest BCUT2D eigenvalue weighted by atomic mass is 9.62. The van der Waals surface area contributed by atoms with Crippen LogP contribution in [0.25, 0.3) is 0 Å². The average molecular weight is 493 g/mol. The molecule has 3 rings (SSSR count). The summed E-state index contributed by atoms with van der Waals surface area (Å²) in [6.07, 6.45) is 4.67. The highest BCUT2D eigenvalue weighted by Gasteiger charge is 2.80. The molecule has 3 aliphatic heterocycles. The van der Waals surface area contributed by atoms with Gasteiger partial charge >= 0.3 is 5.97 Å². The molecule has 0 aromatic rings. The van der Waals surface area contributed by atoms with Gasteiger partial charge in [0, 0.05) is 13.1 Å². The van der Waals surface area contributed by atoms with Crippen molar-refractivity contribution in [2.45, 2.75) is 90.5 Å². The Morgan fingerprint density at radius 2 is 2.06 bits per heavy atom. The number of esters is 1. The third-order valence-electron chi connectivity index (χ3n) is 8.81. The molecule has 3 fully saturated rings. The maximum atomic E-state index is 14.3. The van der Waals surface area contributed by atoms with E-state index in [1.807, 2.05) is 27.7 Å². The van der Waals surface area contributed by atoms with E-state index in [0.29, 0.717) is 19.5 Å². The van der Waals surface area contributed by atoms with E-state index in [9.17, 15) is 19.5 Å². The minimum Gasteiger partial charge on any atom is -0.466 e. The third-order valence-corrected chi connectivity index (χ3v) is 8.81. The maximum absolute atomic E-state index is 14.3.